The number of fused-ring (bicyclic) bond motifs is 1. The summed E-state index contributed by atoms with van der Waals surface area (Å²) in [6.45, 7) is 2.97. The van der Waals surface area contributed by atoms with Crippen molar-refractivity contribution in [2.24, 2.45) is 0 Å². The van der Waals surface area contributed by atoms with Crippen molar-refractivity contribution in [3.8, 4) is 5.75 Å². The molecule has 1 amide bonds. The molecule has 2 atom stereocenters. The number of amides is 1. The van der Waals surface area contributed by atoms with Crippen molar-refractivity contribution < 1.29 is 9.53 Å². The Balaban J connectivity index is 1.52. The van der Waals surface area contributed by atoms with Crippen LogP contribution in [0.15, 0.2) is 42.9 Å². The van der Waals surface area contributed by atoms with Crippen molar-refractivity contribution in [2.75, 3.05) is 7.11 Å². The van der Waals surface area contributed by atoms with Gasteiger partial charge in [-0.2, -0.15) is 0 Å². The van der Waals surface area contributed by atoms with Gasteiger partial charge in [-0.25, -0.2) is 15.8 Å². The van der Waals surface area contributed by atoms with Crippen LogP contribution in [0.2, 0.25) is 0 Å². The molecule has 2 unspecified atom stereocenters. The lowest BCUT2D eigenvalue weighted by molar-refractivity contribution is 0.0927. The number of hydrazine groups is 1. The Bertz CT molecular complexity index is 955. The quantitative estimate of drug-likeness (QED) is 0.637. The third-order valence-electron chi connectivity index (χ3n) is 4.82. The second-order valence-electron chi connectivity index (χ2n) is 6.43. The largest absolute Gasteiger partial charge is 0.497 e. The number of nitrogens with zero attached hydrogens (tertiary/aromatic N) is 3. The second kappa shape index (κ2) is 7.34. The highest BCUT2D eigenvalue weighted by Crippen LogP contribution is 2.30. The first-order valence-corrected chi connectivity index (χ1v) is 8.94. The van der Waals surface area contributed by atoms with E-state index in [4.69, 9.17) is 4.74 Å². The molecule has 1 aliphatic heterocycles. The number of aromatic nitrogens is 3. The van der Waals surface area contributed by atoms with E-state index in [1.165, 1.54) is 23.5 Å². The molecule has 3 aromatic rings. The van der Waals surface area contributed by atoms with E-state index >= 15 is 0 Å². The maximum Gasteiger partial charge on any atom is 0.272 e. The van der Waals surface area contributed by atoms with Gasteiger partial charge in [0, 0.05) is 42.5 Å². The lowest BCUT2D eigenvalue weighted by Crippen LogP contribution is -2.44. The Kier molecular flexibility index (Phi) is 4.74. The van der Waals surface area contributed by atoms with E-state index in [0.717, 1.165) is 24.2 Å². The Labute approximate surface area is 156 Å². The van der Waals surface area contributed by atoms with E-state index < -0.39 is 0 Å². The van der Waals surface area contributed by atoms with Crippen LogP contribution in [0.4, 0.5) is 0 Å². The van der Waals surface area contributed by atoms with Gasteiger partial charge in [0.1, 0.15) is 11.4 Å². The fourth-order valence-electron chi connectivity index (χ4n) is 3.52. The maximum atomic E-state index is 12.3. The van der Waals surface area contributed by atoms with Crippen molar-refractivity contribution in [1.82, 2.24) is 30.7 Å². The highest BCUT2D eigenvalue weighted by Gasteiger charge is 2.29. The van der Waals surface area contributed by atoms with Crippen LogP contribution in [0.5, 0.6) is 5.75 Å². The fourth-order valence-corrected chi connectivity index (χ4v) is 3.52. The van der Waals surface area contributed by atoms with Crippen LogP contribution in [0, 0.1) is 0 Å². The minimum atomic E-state index is -0.246. The van der Waals surface area contributed by atoms with Crippen LogP contribution in [-0.2, 0) is 6.54 Å². The molecule has 1 aliphatic rings. The third kappa shape index (κ3) is 3.36. The number of rotatable bonds is 5. The number of aryl methyl sites for hydroxylation is 1. The SMILES string of the molecule is CCn1c(C2CC(NC(=O)c3cnccn3)NN2)cc2ccc(OC)cc21. The average Bonchev–Trinajstić information content (AvgIpc) is 3.31. The first-order chi connectivity index (χ1) is 13.2. The zero-order valence-electron chi connectivity index (χ0n) is 15.3. The number of benzene rings is 1. The average molecular weight is 366 g/mol. The first kappa shape index (κ1) is 17.4. The van der Waals surface area contributed by atoms with Crippen LogP contribution >= 0.6 is 0 Å². The van der Waals surface area contributed by atoms with Gasteiger partial charge in [0.15, 0.2) is 0 Å². The molecule has 4 rings (SSSR count). The molecule has 27 heavy (non-hydrogen) atoms. The van der Waals surface area contributed by atoms with Gasteiger partial charge in [-0.15, -0.1) is 0 Å². The summed E-state index contributed by atoms with van der Waals surface area (Å²) in [5.74, 6) is 0.595. The molecule has 0 spiro atoms. The summed E-state index contributed by atoms with van der Waals surface area (Å²) in [4.78, 5) is 20.2. The van der Waals surface area contributed by atoms with Crippen molar-refractivity contribution in [1.29, 1.82) is 0 Å². The van der Waals surface area contributed by atoms with Gasteiger partial charge in [0.05, 0.1) is 31.0 Å². The minimum Gasteiger partial charge on any atom is -0.497 e. The number of nitrogens with one attached hydrogen (secondary N) is 3. The number of carbonyl (C=O) groups excluding carboxylic acids is 1. The predicted molar refractivity (Wildman–Crippen MR) is 101 cm³/mol. The summed E-state index contributed by atoms with van der Waals surface area (Å²) >= 11 is 0. The number of carbonyl (C=O) groups is 1. The molecule has 140 valence electrons. The smallest absolute Gasteiger partial charge is 0.272 e. The molecule has 8 nitrogen and oxygen atoms in total. The lowest BCUT2D eigenvalue weighted by atomic mass is 10.1. The molecular weight excluding hydrogens is 344 g/mol. The zero-order valence-corrected chi connectivity index (χ0v) is 15.3. The Morgan fingerprint density at radius 2 is 2.22 bits per heavy atom. The topological polar surface area (TPSA) is 93.1 Å². The van der Waals surface area contributed by atoms with Crippen LogP contribution in [0.3, 0.4) is 0 Å². The highest BCUT2D eigenvalue weighted by molar-refractivity contribution is 5.92. The molecule has 1 aromatic carbocycles. The van der Waals surface area contributed by atoms with Gasteiger partial charge < -0.3 is 14.6 Å². The van der Waals surface area contributed by atoms with Crippen molar-refractivity contribution in [2.45, 2.75) is 32.1 Å². The standard InChI is InChI=1S/C19H22N6O2/c1-3-25-16-9-13(27-2)5-4-12(16)8-17(25)14-10-18(24-23-14)22-19(26)15-11-20-6-7-21-15/h4-9,11,14,18,23-24H,3,10H2,1-2H3,(H,22,26). The zero-order chi connectivity index (χ0) is 18.8. The molecule has 1 fully saturated rings. The predicted octanol–water partition coefficient (Wildman–Crippen LogP) is 1.75. The Morgan fingerprint density at radius 1 is 1.33 bits per heavy atom. The number of ether oxygens (including phenoxy) is 1. The number of methoxy groups -OCH3 is 1. The maximum absolute atomic E-state index is 12.3. The summed E-state index contributed by atoms with van der Waals surface area (Å²) in [7, 11) is 1.67. The van der Waals surface area contributed by atoms with E-state index in [2.05, 4.69) is 55.8 Å². The second-order valence-corrected chi connectivity index (χ2v) is 6.43. The van der Waals surface area contributed by atoms with E-state index in [1.54, 1.807) is 13.3 Å². The van der Waals surface area contributed by atoms with Crippen LogP contribution < -0.4 is 20.9 Å². The van der Waals surface area contributed by atoms with E-state index in [-0.39, 0.29) is 18.1 Å². The summed E-state index contributed by atoms with van der Waals surface area (Å²) in [5.41, 5.74) is 9.06. The van der Waals surface area contributed by atoms with Crippen molar-refractivity contribution in [3.63, 3.8) is 0 Å². The number of hydrogen-bond donors (Lipinski definition) is 3. The Hall–Kier alpha value is -2.97. The van der Waals surface area contributed by atoms with E-state index in [9.17, 15) is 4.79 Å². The molecule has 8 heteroatoms. The summed E-state index contributed by atoms with van der Waals surface area (Å²) in [5, 5.41) is 4.11. The summed E-state index contributed by atoms with van der Waals surface area (Å²) in [6, 6.07) is 8.36. The molecule has 0 saturated carbocycles. The lowest BCUT2D eigenvalue weighted by Gasteiger charge is -2.14. The van der Waals surface area contributed by atoms with Crippen LogP contribution in [0.25, 0.3) is 10.9 Å². The Morgan fingerprint density at radius 3 is 2.96 bits per heavy atom. The molecule has 3 N–H and O–H groups in total. The molecular formula is C19H22N6O2. The van der Waals surface area contributed by atoms with Gasteiger partial charge in [0.2, 0.25) is 0 Å². The monoisotopic (exact) mass is 366 g/mol. The minimum absolute atomic E-state index is 0.0792. The third-order valence-corrected chi connectivity index (χ3v) is 4.82. The van der Waals surface area contributed by atoms with Crippen molar-refractivity contribution in [3.05, 3.63) is 54.2 Å². The molecule has 2 aromatic heterocycles. The van der Waals surface area contributed by atoms with Crippen LogP contribution in [-0.4, -0.2) is 33.7 Å². The first-order valence-electron chi connectivity index (χ1n) is 8.94. The molecule has 3 heterocycles. The van der Waals surface area contributed by atoms with Gasteiger partial charge in [0.25, 0.3) is 5.91 Å². The molecule has 0 bridgehead atoms. The van der Waals surface area contributed by atoms with Crippen LogP contribution in [0.1, 0.15) is 35.6 Å². The molecule has 0 radical (unpaired) electrons. The van der Waals surface area contributed by atoms with Gasteiger partial charge >= 0.3 is 0 Å². The summed E-state index contributed by atoms with van der Waals surface area (Å²) < 4.78 is 7.63. The highest BCUT2D eigenvalue weighted by atomic mass is 16.5. The van der Waals surface area contributed by atoms with Gasteiger partial charge in [-0.3, -0.25) is 9.78 Å². The van der Waals surface area contributed by atoms with E-state index in [1.807, 2.05) is 6.07 Å². The van der Waals surface area contributed by atoms with Gasteiger partial charge in [-0.1, -0.05) is 0 Å². The van der Waals surface area contributed by atoms with E-state index in [0.29, 0.717) is 5.69 Å². The number of hydrogen-bond acceptors (Lipinski definition) is 6. The molecule has 1 saturated heterocycles. The summed E-state index contributed by atoms with van der Waals surface area (Å²) in [6.07, 6.45) is 5.03. The fraction of sp³-hybridized carbons (Fsp3) is 0.316. The molecule has 0 aliphatic carbocycles. The van der Waals surface area contributed by atoms with Crippen molar-refractivity contribution >= 4 is 16.8 Å². The normalized spacial score (nSPS) is 19.3. The van der Waals surface area contributed by atoms with Gasteiger partial charge in [-0.05, 0) is 25.1 Å².